The number of amides is 1. The van der Waals surface area contributed by atoms with Crippen LogP contribution in [0.1, 0.15) is 10.4 Å². The average Bonchev–Trinajstić information content (AvgIpc) is 2.49. The zero-order valence-electron chi connectivity index (χ0n) is 10.6. The Kier molecular flexibility index (Phi) is 3.52. The molecule has 0 aromatic heterocycles. The molecule has 3 aromatic carbocycles. The number of rotatable bonds is 2. The van der Waals surface area contributed by atoms with Crippen LogP contribution < -0.4 is 5.32 Å². The summed E-state index contributed by atoms with van der Waals surface area (Å²) in [6, 6.07) is 21.1. The fraction of sp³-hybridized carbons (Fsp3) is 0. The smallest absolute Gasteiger partial charge is 0.256 e. The Balaban J connectivity index is 2.02. The third-order valence-corrected chi connectivity index (χ3v) is 3.84. The third kappa shape index (κ3) is 2.45. The van der Waals surface area contributed by atoms with Gasteiger partial charge in [-0.25, -0.2) is 0 Å². The van der Waals surface area contributed by atoms with E-state index in [1.807, 2.05) is 66.7 Å². The van der Waals surface area contributed by atoms with Gasteiger partial charge in [-0.15, -0.1) is 0 Å². The molecular formula is C17H12BrNO. The van der Waals surface area contributed by atoms with Gasteiger partial charge in [0.05, 0.1) is 0 Å². The molecular weight excluding hydrogens is 314 g/mol. The first-order valence-corrected chi connectivity index (χ1v) is 7.08. The second-order valence-corrected chi connectivity index (χ2v) is 5.32. The Morgan fingerprint density at radius 2 is 1.45 bits per heavy atom. The van der Waals surface area contributed by atoms with Crippen molar-refractivity contribution in [1.29, 1.82) is 0 Å². The number of benzene rings is 3. The van der Waals surface area contributed by atoms with Crippen LogP contribution in [0.25, 0.3) is 10.8 Å². The standard InChI is InChI=1S/C17H12BrNO/c18-16-11-10-15(13-8-4-5-9-14(13)16)17(20)19-12-6-2-1-3-7-12/h1-11H,(H,19,20). The molecule has 0 saturated heterocycles. The lowest BCUT2D eigenvalue weighted by molar-refractivity contribution is 0.102. The van der Waals surface area contributed by atoms with E-state index in [1.165, 1.54) is 0 Å². The summed E-state index contributed by atoms with van der Waals surface area (Å²) in [6.07, 6.45) is 0. The molecule has 0 aliphatic rings. The highest BCUT2D eigenvalue weighted by Crippen LogP contribution is 2.27. The van der Waals surface area contributed by atoms with Crippen molar-refractivity contribution in [2.75, 3.05) is 5.32 Å². The van der Waals surface area contributed by atoms with Gasteiger partial charge in [0, 0.05) is 15.7 Å². The topological polar surface area (TPSA) is 29.1 Å². The molecule has 98 valence electrons. The number of carbonyl (C=O) groups excluding carboxylic acids is 1. The average molecular weight is 326 g/mol. The Morgan fingerprint density at radius 1 is 0.800 bits per heavy atom. The van der Waals surface area contributed by atoms with Gasteiger partial charge in [-0.05, 0) is 35.0 Å². The molecule has 3 heteroatoms. The molecule has 3 aromatic rings. The third-order valence-electron chi connectivity index (χ3n) is 3.15. The van der Waals surface area contributed by atoms with Crippen LogP contribution in [0.5, 0.6) is 0 Å². The number of anilines is 1. The van der Waals surface area contributed by atoms with Gasteiger partial charge in [-0.1, -0.05) is 58.4 Å². The number of halogens is 1. The largest absolute Gasteiger partial charge is 0.322 e. The summed E-state index contributed by atoms with van der Waals surface area (Å²) in [4.78, 5) is 12.4. The maximum Gasteiger partial charge on any atom is 0.256 e. The fourth-order valence-corrected chi connectivity index (χ4v) is 2.66. The number of nitrogens with one attached hydrogen (secondary N) is 1. The second kappa shape index (κ2) is 5.47. The Bertz CT molecular complexity index is 768. The van der Waals surface area contributed by atoms with E-state index in [9.17, 15) is 4.79 Å². The van der Waals surface area contributed by atoms with Crippen LogP contribution in [0.4, 0.5) is 5.69 Å². The second-order valence-electron chi connectivity index (χ2n) is 4.46. The van der Waals surface area contributed by atoms with Crippen molar-refractivity contribution >= 4 is 38.3 Å². The lowest BCUT2D eigenvalue weighted by Gasteiger charge is -2.09. The van der Waals surface area contributed by atoms with E-state index in [-0.39, 0.29) is 5.91 Å². The lowest BCUT2D eigenvalue weighted by atomic mass is 10.0. The van der Waals surface area contributed by atoms with Gasteiger partial charge in [0.2, 0.25) is 0 Å². The predicted molar refractivity (Wildman–Crippen MR) is 86.0 cm³/mol. The molecule has 20 heavy (non-hydrogen) atoms. The SMILES string of the molecule is O=C(Nc1ccccc1)c1ccc(Br)c2ccccc12. The molecule has 0 heterocycles. The summed E-state index contributed by atoms with van der Waals surface area (Å²) < 4.78 is 0.990. The van der Waals surface area contributed by atoms with Crippen molar-refractivity contribution in [1.82, 2.24) is 0 Å². The van der Waals surface area contributed by atoms with Crippen molar-refractivity contribution in [2.24, 2.45) is 0 Å². The first kappa shape index (κ1) is 12.9. The summed E-state index contributed by atoms with van der Waals surface area (Å²) >= 11 is 3.52. The van der Waals surface area contributed by atoms with E-state index in [0.717, 1.165) is 20.9 Å². The van der Waals surface area contributed by atoms with E-state index in [2.05, 4.69) is 21.2 Å². The van der Waals surface area contributed by atoms with Crippen molar-refractivity contribution in [3.8, 4) is 0 Å². The molecule has 1 amide bonds. The molecule has 3 rings (SSSR count). The van der Waals surface area contributed by atoms with Gasteiger partial charge in [-0.2, -0.15) is 0 Å². The summed E-state index contributed by atoms with van der Waals surface area (Å²) in [5.74, 6) is -0.0973. The Labute approximate surface area is 125 Å². The van der Waals surface area contributed by atoms with Crippen LogP contribution in [0.15, 0.2) is 71.2 Å². The molecule has 0 bridgehead atoms. The Hall–Kier alpha value is -2.13. The van der Waals surface area contributed by atoms with Crippen molar-refractivity contribution < 1.29 is 4.79 Å². The van der Waals surface area contributed by atoms with Crippen molar-refractivity contribution in [2.45, 2.75) is 0 Å². The van der Waals surface area contributed by atoms with Gasteiger partial charge < -0.3 is 5.32 Å². The summed E-state index contributed by atoms with van der Waals surface area (Å²) in [6.45, 7) is 0. The molecule has 0 spiro atoms. The first-order valence-electron chi connectivity index (χ1n) is 6.29. The molecule has 0 fully saturated rings. The van der Waals surface area contributed by atoms with Gasteiger partial charge >= 0.3 is 0 Å². The maximum absolute atomic E-state index is 12.4. The minimum absolute atomic E-state index is 0.0973. The van der Waals surface area contributed by atoms with Crippen molar-refractivity contribution in [3.63, 3.8) is 0 Å². The van der Waals surface area contributed by atoms with Crippen LogP contribution in [-0.2, 0) is 0 Å². The molecule has 0 aliphatic heterocycles. The van der Waals surface area contributed by atoms with Gasteiger partial charge in [0.25, 0.3) is 5.91 Å². The summed E-state index contributed by atoms with van der Waals surface area (Å²) in [5, 5.41) is 4.89. The number of fused-ring (bicyclic) bond motifs is 1. The maximum atomic E-state index is 12.4. The first-order chi connectivity index (χ1) is 9.75. The highest BCUT2D eigenvalue weighted by atomic mass is 79.9. The molecule has 0 aliphatic carbocycles. The minimum atomic E-state index is -0.0973. The van der Waals surface area contributed by atoms with E-state index in [1.54, 1.807) is 0 Å². The van der Waals surface area contributed by atoms with E-state index in [4.69, 9.17) is 0 Å². The number of para-hydroxylation sites is 1. The molecule has 0 radical (unpaired) electrons. The zero-order chi connectivity index (χ0) is 13.9. The van der Waals surface area contributed by atoms with E-state index in [0.29, 0.717) is 5.56 Å². The van der Waals surface area contributed by atoms with Crippen LogP contribution in [-0.4, -0.2) is 5.91 Å². The predicted octanol–water partition coefficient (Wildman–Crippen LogP) is 4.85. The van der Waals surface area contributed by atoms with Gasteiger partial charge in [0.15, 0.2) is 0 Å². The monoisotopic (exact) mass is 325 g/mol. The molecule has 2 nitrogen and oxygen atoms in total. The quantitative estimate of drug-likeness (QED) is 0.716. The van der Waals surface area contributed by atoms with E-state index >= 15 is 0 Å². The summed E-state index contributed by atoms with van der Waals surface area (Å²) in [7, 11) is 0. The number of carbonyl (C=O) groups is 1. The van der Waals surface area contributed by atoms with Crippen LogP contribution in [0.3, 0.4) is 0 Å². The fourth-order valence-electron chi connectivity index (χ4n) is 2.18. The highest BCUT2D eigenvalue weighted by Gasteiger charge is 2.11. The highest BCUT2D eigenvalue weighted by molar-refractivity contribution is 9.10. The molecule has 0 saturated carbocycles. The minimum Gasteiger partial charge on any atom is -0.322 e. The van der Waals surface area contributed by atoms with Crippen LogP contribution >= 0.6 is 15.9 Å². The lowest BCUT2D eigenvalue weighted by Crippen LogP contribution is -2.12. The Morgan fingerprint density at radius 3 is 2.20 bits per heavy atom. The van der Waals surface area contributed by atoms with E-state index < -0.39 is 0 Å². The van der Waals surface area contributed by atoms with Crippen LogP contribution in [0.2, 0.25) is 0 Å². The summed E-state index contributed by atoms with van der Waals surface area (Å²) in [5.41, 5.74) is 1.47. The number of hydrogen-bond donors (Lipinski definition) is 1. The molecule has 0 atom stereocenters. The van der Waals surface area contributed by atoms with Crippen LogP contribution in [0, 0.1) is 0 Å². The van der Waals surface area contributed by atoms with Crippen molar-refractivity contribution in [3.05, 3.63) is 76.8 Å². The number of hydrogen-bond acceptors (Lipinski definition) is 1. The zero-order valence-corrected chi connectivity index (χ0v) is 12.2. The van der Waals surface area contributed by atoms with Gasteiger partial charge in [-0.3, -0.25) is 4.79 Å². The normalized spacial score (nSPS) is 10.4. The van der Waals surface area contributed by atoms with Gasteiger partial charge in [0.1, 0.15) is 0 Å². The molecule has 0 unspecified atom stereocenters. The molecule has 1 N–H and O–H groups in total.